The molecule has 0 N–H and O–H groups in total. The molecule has 1 aromatic carbocycles. The van der Waals surface area contributed by atoms with E-state index in [9.17, 15) is 0 Å². The van der Waals surface area contributed by atoms with E-state index in [1.165, 1.54) is 16.8 Å². The van der Waals surface area contributed by atoms with E-state index in [1.54, 1.807) is 0 Å². The first-order chi connectivity index (χ1) is 8.04. The summed E-state index contributed by atoms with van der Waals surface area (Å²) in [6, 6.07) is 6.57. The first-order valence-corrected chi connectivity index (χ1v) is 5.89. The Morgan fingerprint density at radius 2 is 1.88 bits per heavy atom. The van der Waals surface area contributed by atoms with E-state index in [4.69, 9.17) is 0 Å². The summed E-state index contributed by atoms with van der Waals surface area (Å²) in [6.07, 6.45) is 0.833. The molecule has 2 heteroatoms. The van der Waals surface area contributed by atoms with Crippen molar-refractivity contribution in [3.05, 3.63) is 29.3 Å². The van der Waals surface area contributed by atoms with Crippen LogP contribution in [0.4, 0.5) is 5.69 Å². The highest BCUT2D eigenvalue weighted by Crippen LogP contribution is 2.20. The van der Waals surface area contributed by atoms with Gasteiger partial charge in [0.15, 0.2) is 0 Å². The van der Waals surface area contributed by atoms with Gasteiger partial charge in [0.1, 0.15) is 0 Å². The Morgan fingerprint density at radius 3 is 2.47 bits per heavy atom. The molecule has 0 saturated heterocycles. The third kappa shape index (κ3) is 4.13. The molecule has 0 unspecified atom stereocenters. The van der Waals surface area contributed by atoms with Gasteiger partial charge >= 0.3 is 0 Å². The SMILES string of the molecule is CC#CCc1ccc(C)c(N(C)CN(C)C)c1. The third-order valence-corrected chi connectivity index (χ3v) is 2.65. The predicted molar refractivity (Wildman–Crippen MR) is 75.3 cm³/mol. The number of benzene rings is 1. The number of hydrogen-bond donors (Lipinski definition) is 0. The molecule has 2 nitrogen and oxygen atoms in total. The fraction of sp³-hybridized carbons (Fsp3) is 0.467. The Kier molecular flexibility index (Phi) is 5.06. The maximum absolute atomic E-state index is 3.11. The summed E-state index contributed by atoms with van der Waals surface area (Å²) < 4.78 is 0. The molecule has 17 heavy (non-hydrogen) atoms. The first-order valence-electron chi connectivity index (χ1n) is 5.89. The van der Waals surface area contributed by atoms with Gasteiger partial charge in [-0.3, -0.25) is 4.90 Å². The fourth-order valence-electron chi connectivity index (χ4n) is 1.87. The standard InChI is InChI=1S/C15H22N2/c1-6-7-8-14-10-9-13(2)15(11-14)17(5)12-16(3)4/h9-11H,8,12H2,1-5H3. The summed E-state index contributed by atoms with van der Waals surface area (Å²) in [5.74, 6) is 6.05. The van der Waals surface area contributed by atoms with Gasteiger partial charge in [-0.15, -0.1) is 5.92 Å². The lowest BCUT2D eigenvalue weighted by atomic mass is 10.1. The molecule has 1 rings (SSSR count). The highest BCUT2D eigenvalue weighted by atomic mass is 15.3. The Morgan fingerprint density at radius 1 is 1.18 bits per heavy atom. The molecular formula is C15H22N2. The van der Waals surface area contributed by atoms with Crippen LogP contribution < -0.4 is 4.90 Å². The number of rotatable bonds is 4. The number of anilines is 1. The topological polar surface area (TPSA) is 6.48 Å². The summed E-state index contributed by atoms with van der Waals surface area (Å²) in [5, 5.41) is 0. The third-order valence-electron chi connectivity index (χ3n) is 2.65. The highest BCUT2D eigenvalue weighted by molar-refractivity contribution is 5.54. The number of hydrogen-bond acceptors (Lipinski definition) is 2. The maximum atomic E-state index is 3.11. The second-order valence-electron chi connectivity index (χ2n) is 4.64. The molecule has 0 bridgehead atoms. The molecule has 0 aliphatic heterocycles. The monoisotopic (exact) mass is 230 g/mol. The van der Waals surface area contributed by atoms with Crippen molar-refractivity contribution in [3.63, 3.8) is 0 Å². The minimum absolute atomic E-state index is 0.833. The predicted octanol–water partition coefficient (Wildman–Crippen LogP) is 2.52. The van der Waals surface area contributed by atoms with Gasteiger partial charge in [-0.1, -0.05) is 18.1 Å². The van der Waals surface area contributed by atoms with Crippen LogP contribution in [0.15, 0.2) is 18.2 Å². The fourth-order valence-corrected chi connectivity index (χ4v) is 1.87. The average Bonchev–Trinajstić information content (AvgIpc) is 2.27. The summed E-state index contributed by atoms with van der Waals surface area (Å²) in [5.41, 5.74) is 3.88. The van der Waals surface area contributed by atoms with Crippen molar-refractivity contribution >= 4 is 5.69 Å². The van der Waals surface area contributed by atoms with Crippen LogP contribution in [0.25, 0.3) is 0 Å². The lowest BCUT2D eigenvalue weighted by Crippen LogP contribution is -2.30. The van der Waals surface area contributed by atoms with Gasteiger partial charge in [0, 0.05) is 19.2 Å². The van der Waals surface area contributed by atoms with Crippen LogP contribution in [0.3, 0.4) is 0 Å². The van der Waals surface area contributed by atoms with E-state index in [1.807, 2.05) is 6.92 Å². The molecule has 1 aromatic rings. The van der Waals surface area contributed by atoms with Crippen molar-refractivity contribution in [1.82, 2.24) is 4.90 Å². The minimum Gasteiger partial charge on any atom is -0.361 e. The van der Waals surface area contributed by atoms with Gasteiger partial charge in [0.2, 0.25) is 0 Å². The molecule has 0 radical (unpaired) electrons. The largest absolute Gasteiger partial charge is 0.361 e. The molecule has 0 atom stereocenters. The Balaban J connectivity index is 2.91. The van der Waals surface area contributed by atoms with Crippen molar-refractivity contribution in [2.75, 3.05) is 32.7 Å². The molecular weight excluding hydrogens is 208 g/mol. The van der Waals surface area contributed by atoms with Crippen LogP contribution in [-0.4, -0.2) is 32.7 Å². The molecule has 0 saturated carbocycles. The van der Waals surface area contributed by atoms with Gasteiger partial charge in [0.25, 0.3) is 0 Å². The van der Waals surface area contributed by atoms with Gasteiger partial charge in [-0.25, -0.2) is 0 Å². The Hall–Kier alpha value is -1.46. The molecule has 0 aromatic heterocycles. The summed E-state index contributed by atoms with van der Waals surface area (Å²) in [4.78, 5) is 4.43. The average molecular weight is 230 g/mol. The van der Waals surface area contributed by atoms with Crippen molar-refractivity contribution < 1.29 is 0 Å². The van der Waals surface area contributed by atoms with Crippen LogP contribution in [0.1, 0.15) is 18.1 Å². The van der Waals surface area contributed by atoms with Gasteiger partial charge in [0.05, 0.1) is 6.67 Å². The molecule has 0 aliphatic carbocycles. The van der Waals surface area contributed by atoms with Crippen molar-refractivity contribution in [2.24, 2.45) is 0 Å². The number of nitrogens with zero attached hydrogens (tertiary/aromatic N) is 2. The van der Waals surface area contributed by atoms with Gasteiger partial charge in [-0.2, -0.15) is 0 Å². The summed E-state index contributed by atoms with van der Waals surface area (Å²) in [7, 11) is 6.29. The second-order valence-corrected chi connectivity index (χ2v) is 4.64. The number of aryl methyl sites for hydroxylation is 1. The Labute approximate surface area is 105 Å². The summed E-state index contributed by atoms with van der Waals surface area (Å²) in [6.45, 7) is 4.95. The maximum Gasteiger partial charge on any atom is 0.0698 e. The van der Waals surface area contributed by atoms with Crippen molar-refractivity contribution in [1.29, 1.82) is 0 Å². The molecule has 0 amide bonds. The van der Waals surface area contributed by atoms with Crippen molar-refractivity contribution in [3.8, 4) is 11.8 Å². The first kappa shape index (κ1) is 13.6. The molecule has 0 fully saturated rings. The van der Waals surface area contributed by atoms with Crippen LogP contribution in [-0.2, 0) is 6.42 Å². The zero-order valence-corrected chi connectivity index (χ0v) is 11.5. The highest BCUT2D eigenvalue weighted by Gasteiger charge is 2.06. The summed E-state index contributed by atoms with van der Waals surface area (Å²) >= 11 is 0. The van der Waals surface area contributed by atoms with Crippen LogP contribution in [0.5, 0.6) is 0 Å². The Bertz CT molecular complexity index is 424. The molecule has 0 heterocycles. The van der Waals surface area contributed by atoms with Gasteiger partial charge < -0.3 is 4.90 Å². The van der Waals surface area contributed by atoms with E-state index in [-0.39, 0.29) is 0 Å². The normalized spacial score (nSPS) is 10.0. The lowest BCUT2D eigenvalue weighted by Gasteiger charge is -2.25. The lowest BCUT2D eigenvalue weighted by molar-refractivity contribution is 0.411. The minimum atomic E-state index is 0.833. The zero-order chi connectivity index (χ0) is 12.8. The van der Waals surface area contributed by atoms with Crippen molar-refractivity contribution in [2.45, 2.75) is 20.3 Å². The quantitative estimate of drug-likeness (QED) is 0.579. The molecule has 0 aliphatic rings. The van der Waals surface area contributed by atoms with Crippen LogP contribution in [0.2, 0.25) is 0 Å². The van der Waals surface area contributed by atoms with Crippen LogP contribution in [0, 0.1) is 18.8 Å². The molecule has 92 valence electrons. The van der Waals surface area contributed by atoms with E-state index in [0.29, 0.717) is 0 Å². The van der Waals surface area contributed by atoms with Crippen LogP contribution >= 0.6 is 0 Å². The molecule has 0 spiro atoms. The van der Waals surface area contributed by atoms with E-state index in [2.05, 4.69) is 67.9 Å². The van der Waals surface area contributed by atoms with E-state index < -0.39 is 0 Å². The smallest absolute Gasteiger partial charge is 0.0698 e. The van der Waals surface area contributed by atoms with Gasteiger partial charge in [-0.05, 0) is 45.1 Å². The van der Waals surface area contributed by atoms with E-state index in [0.717, 1.165) is 13.1 Å². The zero-order valence-electron chi connectivity index (χ0n) is 11.5. The van der Waals surface area contributed by atoms with E-state index >= 15 is 0 Å². The second kappa shape index (κ2) is 6.32.